The van der Waals surface area contributed by atoms with Crippen molar-refractivity contribution in [3.8, 4) is 0 Å². The van der Waals surface area contributed by atoms with Crippen LogP contribution in [0.25, 0.3) is 0 Å². The minimum atomic E-state index is 0. The van der Waals surface area contributed by atoms with Gasteiger partial charge in [0.15, 0.2) is 0 Å². The van der Waals surface area contributed by atoms with E-state index in [0.717, 1.165) is 50.3 Å². The number of amides is 1. The molecule has 116 valence electrons. The fraction of sp³-hybridized carbons (Fsp3) is 0.562. The second-order valence-corrected chi connectivity index (χ2v) is 6.22. The molecule has 1 amide bonds. The lowest BCUT2D eigenvalue weighted by atomic mass is 9.96. The Kier molecular flexibility index (Phi) is 5.91. The normalized spacial score (nSPS) is 25.5. The first-order valence-corrected chi connectivity index (χ1v) is 7.90. The number of benzene rings is 1. The molecule has 5 heteroatoms. The standard InChI is InChI=1S/C16H21ClN2O.ClH/c17-14-6-1-4-12(10-14)15-7-3-9-19(15)16(20)13-5-2-8-18-11-13;/h1,4,6,10,13,15,18H,2-3,5,7-9,11H2;1H. The van der Waals surface area contributed by atoms with E-state index in [1.54, 1.807) is 0 Å². The second-order valence-electron chi connectivity index (χ2n) is 5.79. The lowest BCUT2D eigenvalue weighted by Gasteiger charge is -2.31. The number of nitrogens with zero attached hydrogens (tertiary/aromatic N) is 1. The third-order valence-corrected chi connectivity index (χ3v) is 4.65. The lowest BCUT2D eigenvalue weighted by molar-refractivity contribution is -0.137. The Morgan fingerprint density at radius 2 is 2.14 bits per heavy atom. The summed E-state index contributed by atoms with van der Waals surface area (Å²) in [5.74, 6) is 0.475. The van der Waals surface area contributed by atoms with Gasteiger partial charge in [-0.25, -0.2) is 0 Å². The SMILES string of the molecule is Cl.O=C(C1CCCNC1)N1CCCC1c1cccc(Cl)c1. The predicted octanol–water partition coefficient (Wildman–Crippen LogP) is 3.42. The summed E-state index contributed by atoms with van der Waals surface area (Å²) in [6, 6.07) is 8.15. The summed E-state index contributed by atoms with van der Waals surface area (Å²) in [6.45, 7) is 2.76. The molecule has 1 aromatic carbocycles. The maximum atomic E-state index is 12.7. The van der Waals surface area contributed by atoms with E-state index in [9.17, 15) is 4.79 Å². The maximum Gasteiger partial charge on any atom is 0.227 e. The molecule has 0 radical (unpaired) electrons. The van der Waals surface area contributed by atoms with Gasteiger partial charge < -0.3 is 10.2 Å². The van der Waals surface area contributed by atoms with E-state index in [1.807, 2.05) is 18.2 Å². The van der Waals surface area contributed by atoms with Crippen LogP contribution in [0.4, 0.5) is 0 Å². The lowest BCUT2D eigenvalue weighted by Crippen LogP contribution is -2.42. The predicted molar refractivity (Wildman–Crippen MR) is 88.0 cm³/mol. The Morgan fingerprint density at radius 3 is 2.86 bits per heavy atom. The first-order chi connectivity index (χ1) is 9.75. The highest BCUT2D eigenvalue weighted by Gasteiger charge is 2.34. The molecule has 0 bridgehead atoms. The van der Waals surface area contributed by atoms with E-state index < -0.39 is 0 Å². The van der Waals surface area contributed by atoms with Crippen LogP contribution in [0.1, 0.15) is 37.3 Å². The number of likely N-dealkylation sites (tertiary alicyclic amines) is 1. The van der Waals surface area contributed by atoms with Crippen LogP contribution in [0.2, 0.25) is 5.02 Å². The molecular weight excluding hydrogens is 307 g/mol. The van der Waals surface area contributed by atoms with Crippen molar-refractivity contribution in [3.63, 3.8) is 0 Å². The molecule has 0 aliphatic carbocycles. The molecule has 2 heterocycles. The third-order valence-electron chi connectivity index (χ3n) is 4.42. The molecule has 1 aromatic rings. The van der Waals surface area contributed by atoms with Gasteiger partial charge in [0.05, 0.1) is 12.0 Å². The fourth-order valence-corrected chi connectivity index (χ4v) is 3.59. The zero-order valence-corrected chi connectivity index (χ0v) is 13.6. The van der Waals surface area contributed by atoms with Gasteiger partial charge >= 0.3 is 0 Å². The molecule has 0 aromatic heterocycles. The molecule has 0 saturated carbocycles. The zero-order chi connectivity index (χ0) is 13.9. The van der Waals surface area contributed by atoms with Crippen molar-refractivity contribution in [3.05, 3.63) is 34.9 Å². The van der Waals surface area contributed by atoms with Gasteiger partial charge in [-0.1, -0.05) is 23.7 Å². The van der Waals surface area contributed by atoms with Gasteiger partial charge in [0.1, 0.15) is 0 Å². The van der Waals surface area contributed by atoms with Crippen molar-refractivity contribution in [2.45, 2.75) is 31.7 Å². The average Bonchev–Trinajstić information content (AvgIpc) is 2.97. The summed E-state index contributed by atoms with van der Waals surface area (Å²) in [5.41, 5.74) is 1.17. The van der Waals surface area contributed by atoms with Gasteiger partial charge in [-0.2, -0.15) is 0 Å². The molecule has 2 unspecified atom stereocenters. The van der Waals surface area contributed by atoms with E-state index in [1.165, 1.54) is 5.56 Å². The molecule has 2 atom stereocenters. The largest absolute Gasteiger partial charge is 0.335 e. The average molecular weight is 329 g/mol. The number of carbonyl (C=O) groups excluding carboxylic acids is 1. The first kappa shape index (κ1) is 16.6. The van der Waals surface area contributed by atoms with E-state index >= 15 is 0 Å². The Labute approximate surface area is 137 Å². The van der Waals surface area contributed by atoms with Crippen LogP contribution in [-0.4, -0.2) is 30.4 Å². The third kappa shape index (κ3) is 3.71. The van der Waals surface area contributed by atoms with E-state index in [4.69, 9.17) is 11.6 Å². The number of piperidine rings is 1. The molecule has 1 N–H and O–H groups in total. The van der Waals surface area contributed by atoms with Crippen LogP contribution in [0.3, 0.4) is 0 Å². The fourth-order valence-electron chi connectivity index (χ4n) is 3.39. The van der Waals surface area contributed by atoms with Crippen LogP contribution in [0.5, 0.6) is 0 Å². The first-order valence-electron chi connectivity index (χ1n) is 7.52. The summed E-state index contributed by atoms with van der Waals surface area (Å²) in [5, 5.41) is 4.09. The highest BCUT2D eigenvalue weighted by molar-refractivity contribution is 6.30. The molecule has 21 heavy (non-hydrogen) atoms. The van der Waals surface area contributed by atoms with E-state index in [0.29, 0.717) is 5.91 Å². The van der Waals surface area contributed by atoms with Gasteiger partial charge in [-0.15, -0.1) is 12.4 Å². The summed E-state index contributed by atoms with van der Waals surface area (Å²) in [6.07, 6.45) is 4.26. The summed E-state index contributed by atoms with van der Waals surface area (Å²) in [4.78, 5) is 14.8. The number of halogens is 2. The maximum absolute atomic E-state index is 12.7. The van der Waals surface area contributed by atoms with Crippen LogP contribution < -0.4 is 5.32 Å². The molecule has 0 spiro atoms. The van der Waals surface area contributed by atoms with Crippen molar-refractivity contribution >= 4 is 29.9 Å². The zero-order valence-electron chi connectivity index (χ0n) is 12.1. The van der Waals surface area contributed by atoms with Gasteiger partial charge in [-0.3, -0.25) is 4.79 Å². The molecule has 2 fully saturated rings. The van der Waals surface area contributed by atoms with E-state index in [2.05, 4.69) is 16.3 Å². The van der Waals surface area contributed by atoms with Crippen LogP contribution in [0, 0.1) is 5.92 Å². The van der Waals surface area contributed by atoms with Crippen molar-refractivity contribution in [1.29, 1.82) is 0 Å². The van der Waals surface area contributed by atoms with Crippen LogP contribution in [0.15, 0.2) is 24.3 Å². The molecule has 2 aliphatic heterocycles. The van der Waals surface area contributed by atoms with Crippen LogP contribution in [-0.2, 0) is 4.79 Å². The van der Waals surface area contributed by atoms with Gasteiger partial charge in [0.25, 0.3) is 0 Å². The topological polar surface area (TPSA) is 32.3 Å². The molecule has 2 aliphatic rings. The molecular formula is C16H22Cl2N2O. The minimum absolute atomic E-state index is 0. The highest BCUT2D eigenvalue weighted by atomic mass is 35.5. The Bertz CT molecular complexity index is 489. The smallest absolute Gasteiger partial charge is 0.227 e. The quantitative estimate of drug-likeness (QED) is 0.902. The highest BCUT2D eigenvalue weighted by Crippen LogP contribution is 2.34. The Balaban J connectivity index is 0.00000161. The Morgan fingerprint density at radius 1 is 1.29 bits per heavy atom. The van der Waals surface area contributed by atoms with Crippen molar-refractivity contribution in [1.82, 2.24) is 10.2 Å². The van der Waals surface area contributed by atoms with Gasteiger partial charge in [0.2, 0.25) is 5.91 Å². The molecule has 2 saturated heterocycles. The Hall–Kier alpha value is -0.770. The number of carbonyl (C=O) groups is 1. The van der Waals surface area contributed by atoms with Crippen molar-refractivity contribution in [2.75, 3.05) is 19.6 Å². The molecule has 3 nitrogen and oxygen atoms in total. The minimum Gasteiger partial charge on any atom is -0.335 e. The van der Waals surface area contributed by atoms with Crippen molar-refractivity contribution < 1.29 is 4.79 Å². The van der Waals surface area contributed by atoms with Crippen molar-refractivity contribution in [2.24, 2.45) is 5.92 Å². The van der Waals surface area contributed by atoms with Gasteiger partial charge in [0, 0.05) is 18.1 Å². The molecule has 3 rings (SSSR count). The van der Waals surface area contributed by atoms with Gasteiger partial charge in [-0.05, 0) is 49.9 Å². The number of nitrogens with one attached hydrogen (secondary N) is 1. The summed E-state index contributed by atoms with van der Waals surface area (Å²) < 4.78 is 0. The number of hydrogen-bond donors (Lipinski definition) is 1. The summed E-state index contributed by atoms with van der Waals surface area (Å²) in [7, 11) is 0. The second kappa shape index (κ2) is 7.48. The summed E-state index contributed by atoms with van der Waals surface area (Å²) >= 11 is 6.09. The monoisotopic (exact) mass is 328 g/mol. The number of hydrogen-bond acceptors (Lipinski definition) is 2. The van der Waals surface area contributed by atoms with Crippen LogP contribution >= 0.6 is 24.0 Å². The van der Waals surface area contributed by atoms with E-state index in [-0.39, 0.29) is 24.4 Å². The number of rotatable bonds is 2.